The summed E-state index contributed by atoms with van der Waals surface area (Å²) in [6.07, 6.45) is -4.59. The van der Waals surface area contributed by atoms with Crippen molar-refractivity contribution in [2.75, 3.05) is 17.3 Å². The first-order valence-corrected chi connectivity index (χ1v) is 13.3. The number of ether oxygens (including phenoxy) is 1. The van der Waals surface area contributed by atoms with Crippen molar-refractivity contribution in [3.63, 3.8) is 0 Å². The summed E-state index contributed by atoms with van der Waals surface area (Å²) in [6.45, 7) is 0. The molecule has 4 aromatic rings. The Kier molecular flexibility index (Phi) is 8.52. The van der Waals surface area contributed by atoms with Gasteiger partial charge in [-0.3, -0.25) is 15.1 Å². The molecule has 0 spiro atoms. The number of anilines is 3. The number of hydrogen-bond acceptors (Lipinski definition) is 5. The number of nitrogens with one attached hydrogen (secondary N) is 2. The summed E-state index contributed by atoms with van der Waals surface area (Å²) in [7, 11) is 1.36. The van der Waals surface area contributed by atoms with Gasteiger partial charge in [-0.05, 0) is 65.4 Å². The fourth-order valence-corrected chi connectivity index (χ4v) is 6.29. The molecule has 0 aromatic heterocycles. The zero-order valence-corrected chi connectivity index (χ0v) is 27.8. The third-order valence-corrected chi connectivity index (χ3v) is 8.07. The number of alkyl halides is 3. The SMILES string of the molecule is COc1cc(C2Nc3ccc(C(=N)N)cc3[C@H]3c4ccccc4C[C@@H]23)c(N(C(=O)C(F)(F)F)c2ccccc2)cc1O.[Ac]. The molecule has 0 saturated carbocycles. The molecule has 0 bridgehead atoms. The van der Waals surface area contributed by atoms with Gasteiger partial charge in [-0.15, -0.1) is 0 Å². The van der Waals surface area contributed by atoms with Gasteiger partial charge in [-0.1, -0.05) is 42.5 Å². The number of carbonyl (C=O) groups is 1. The molecular weight excluding hydrogens is 772 g/mol. The number of carbonyl (C=O) groups excluding carboxylic acids is 1. The minimum Gasteiger partial charge on any atom is -0.504 e. The van der Waals surface area contributed by atoms with Crippen LogP contribution in [0.4, 0.5) is 30.2 Å². The third-order valence-electron chi connectivity index (χ3n) is 8.07. The van der Waals surface area contributed by atoms with E-state index in [1.165, 1.54) is 25.3 Å². The maximum absolute atomic E-state index is 14.1. The van der Waals surface area contributed by atoms with Crippen LogP contribution in [0.25, 0.3) is 0 Å². The van der Waals surface area contributed by atoms with Gasteiger partial charge in [0.25, 0.3) is 0 Å². The molecule has 4 aromatic carbocycles. The molecule has 2 aliphatic rings. The Bertz CT molecular complexity index is 1710. The number of halogens is 3. The third kappa shape index (κ3) is 5.49. The van der Waals surface area contributed by atoms with Crippen LogP contribution in [-0.2, 0) is 11.2 Å². The maximum Gasteiger partial charge on any atom is 0.472 e. The first-order chi connectivity index (χ1) is 20.1. The second-order valence-corrected chi connectivity index (χ2v) is 10.4. The number of amidine groups is 1. The molecule has 1 aliphatic heterocycles. The summed E-state index contributed by atoms with van der Waals surface area (Å²) in [6, 6.07) is 23.0. The summed E-state index contributed by atoms with van der Waals surface area (Å²) in [5, 5.41) is 22.2. The van der Waals surface area contributed by atoms with Gasteiger partial charge in [-0.25, -0.2) is 0 Å². The molecule has 3 atom stereocenters. The van der Waals surface area contributed by atoms with Crippen molar-refractivity contribution >= 4 is 28.8 Å². The molecule has 1 unspecified atom stereocenters. The second-order valence-electron chi connectivity index (χ2n) is 10.4. The van der Waals surface area contributed by atoms with E-state index in [1.54, 1.807) is 24.3 Å². The van der Waals surface area contributed by atoms with E-state index < -0.39 is 23.9 Å². The molecular formula is C32H27AcF3N4O3. The van der Waals surface area contributed by atoms with E-state index in [4.69, 9.17) is 15.9 Å². The normalized spacial score (nSPS) is 18.3. The predicted octanol–water partition coefficient (Wildman–Crippen LogP) is 6.38. The summed E-state index contributed by atoms with van der Waals surface area (Å²) in [5.74, 6) is -2.86. The molecule has 1 aliphatic carbocycles. The van der Waals surface area contributed by atoms with Crippen molar-refractivity contribution in [1.82, 2.24) is 0 Å². The molecule has 43 heavy (non-hydrogen) atoms. The van der Waals surface area contributed by atoms with Crippen LogP contribution in [0.3, 0.4) is 0 Å². The number of rotatable bonds is 5. The van der Waals surface area contributed by atoms with Crippen LogP contribution in [-0.4, -0.2) is 30.1 Å². The van der Waals surface area contributed by atoms with Crippen molar-refractivity contribution in [3.8, 4) is 11.5 Å². The van der Waals surface area contributed by atoms with Crippen LogP contribution in [0, 0.1) is 55.4 Å². The number of fused-ring (bicyclic) bond motifs is 5. The standard InChI is InChI=1S/C32H27F3N4O3.Ac/c1-42-27-15-22(25(16-26(27)40)39(31(41)32(33,34)35)19-8-3-2-4-9-19)29-23-13-17-7-5-6-10-20(17)28(23)21-14-18(30(36)37)11-12-24(21)38-29;/h2-12,14-16,23,28-29,38,40H,13H2,1H3,(H3,36,37);/t23-,28-,29?;/m1./s1. The Morgan fingerprint density at radius 1 is 1.00 bits per heavy atom. The van der Waals surface area contributed by atoms with Gasteiger partial charge in [0.15, 0.2) is 11.5 Å². The Labute approximate surface area is 281 Å². The van der Waals surface area contributed by atoms with E-state index in [9.17, 15) is 23.1 Å². The zero-order valence-electron chi connectivity index (χ0n) is 23.0. The predicted molar refractivity (Wildman–Crippen MR) is 154 cm³/mol. The Balaban J connectivity index is 0.00000368. The molecule has 1 heterocycles. The fourth-order valence-electron chi connectivity index (χ4n) is 6.29. The second kappa shape index (κ2) is 11.9. The average molecular weight is 800 g/mol. The molecule has 0 fully saturated rings. The van der Waals surface area contributed by atoms with Crippen molar-refractivity contribution in [2.24, 2.45) is 11.7 Å². The topological polar surface area (TPSA) is 112 Å². The van der Waals surface area contributed by atoms with E-state index in [0.717, 1.165) is 28.4 Å². The first-order valence-electron chi connectivity index (χ1n) is 13.3. The van der Waals surface area contributed by atoms with Crippen LogP contribution < -0.4 is 20.7 Å². The van der Waals surface area contributed by atoms with Crippen molar-refractivity contribution in [1.29, 1.82) is 5.41 Å². The van der Waals surface area contributed by atoms with Gasteiger partial charge in [-0.2, -0.15) is 13.2 Å². The molecule has 11 heteroatoms. The van der Waals surface area contributed by atoms with Crippen LogP contribution >= 0.6 is 0 Å². The van der Waals surface area contributed by atoms with E-state index in [2.05, 4.69) is 5.32 Å². The summed E-state index contributed by atoms with van der Waals surface area (Å²) in [4.78, 5) is 13.6. The largest absolute Gasteiger partial charge is 0.504 e. The number of methoxy groups -OCH3 is 1. The van der Waals surface area contributed by atoms with Gasteiger partial charge in [0, 0.05) is 78.5 Å². The summed E-state index contributed by atoms with van der Waals surface area (Å²) >= 11 is 0. The van der Waals surface area contributed by atoms with Gasteiger partial charge in [0.2, 0.25) is 0 Å². The minimum absolute atomic E-state index is 0. The number of phenols is 1. The van der Waals surface area contributed by atoms with Gasteiger partial charge in [0.1, 0.15) is 5.84 Å². The molecule has 5 N–H and O–H groups in total. The Morgan fingerprint density at radius 3 is 2.37 bits per heavy atom. The van der Waals surface area contributed by atoms with Crippen molar-refractivity contribution in [2.45, 2.75) is 24.6 Å². The Hall–Kier alpha value is -3.55. The molecule has 217 valence electrons. The van der Waals surface area contributed by atoms with E-state index in [-0.39, 0.29) is 78.9 Å². The number of para-hydroxylation sites is 1. The van der Waals surface area contributed by atoms with Crippen LogP contribution in [0.5, 0.6) is 11.5 Å². The van der Waals surface area contributed by atoms with E-state index >= 15 is 0 Å². The smallest absolute Gasteiger partial charge is 0.472 e. The molecule has 1 amide bonds. The number of benzene rings is 4. The number of nitrogen functional groups attached to an aromatic ring is 1. The van der Waals surface area contributed by atoms with E-state index in [0.29, 0.717) is 22.4 Å². The molecule has 0 saturated heterocycles. The number of phenolic OH excluding ortho intramolecular Hbond substituents is 1. The number of aromatic hydroxyl groups is 1. The number of hydrogen-bond donors (Lipinski definition) is 4. The van der Waals surface area contributed by atoms with Crippen molar-refractivity contribution < 1.29 is 71.9 Å². The average Bonchev–Trinajstić information content (AvgIpc) is 3.37. The molecule has 7 nitrogen and oxygen atoms in total. The number of amides is 1. The van der Waals surface area contributed by atoms with Gasteiger partial charge < -0.3 is 20.9 Å². The van der Waals surface area contributed by atoms with Crippen LogP contribution in [0.2, 0.25) is 0 Å². The summed E-state index contributed by atoms with van der Waals surface area (Å²) in [5.41, 5.74) is 10.4. The zero-order chi connectivity index (χ0) is 29.8. The molecule has 6 rings (SSSR count). The van der Waals surface area contributed by atoms with Gasteiger partial charge >= 0.3 is 12.1 Å². The molecule has 1 radical (unpaired) electrons. The fraction of sp³-hybridized carbons (Fsp3) is 0.188. The maximum atomic E-state index is 14.1. The van der Waals surface area contributed by atoms with Crippen LogP contribution in [0.15, 0.2) is 84.9 Å². The minimum atomic E-state index is -5.19. The quantitative estimate of drug-likeness (QED) is 0.138. The number of nitrogens with two attached hydrogens (primary N) is 1. The van der Waals surface area contributed by atoms with Gasteiger partial charge in [0.05, 0.1) is 18.8 Å². The Morgan fingerprint density at radius 2 is 1.70 bits per heavy atom. The van der Waals surface area contributed by atoms with Crippen LogP contribution in [0.1, 0.15) is 39.8 Å². The number of nitrogens with zero attached hydrogens (tertiary/aromatic N) is 1. The van der Waals surface area contributed by atoms with Crippen molar-refractivity contribution in [3.05, 3.63) is 113 Å². The monoisotopic (exact) mass is 799 g/mol. The summed E-state index contributed by atoms with van der Waals surface area (Å²) < 4.78 is 47.6. The van der Waals surface area contributed by atoms with E-state index in [1.807, 2.05) is 36.4 Å². The first kappa shape index (κ1) is 30.9.